The topological polar surface area (TPSA) is 76.4 Å². The Morgan fingerprint density at radius 3 is 2.95 bits per heavy atom. The molecule has 1 amide bonds. The van der Waals surface area contributed by atoms with Crippen LogP contribution < -0.4 is 10.1 Å². The van der Waals surface area contributed by atoms with Crippen LogP contribution in [0.4, 0.5) is 5.69 Å². The van der Waals surface area contributed by atoms with Crippen molar-refractivity contribution in [3.8, 4) is 11.5 Å². The Hall–Kier alpha value is -2.50. The van der Waals surface area contributed by atoms with Crippen LogP contribution in [0, 0.1) is 0 Å². The number of carbonyl (C=O) groups is 1. The van der Waals surface area contributed by atoms with Crippen molar-refractivity contribution in [3.05, 3.63) is 36.2 Å². The minimum atomic E-state index is -0.169. The van der Waals surface area contributed by atoms with Gasteiger partial charge in [-0.05, 0) is 6.07 Å². The number of aromatic hydroxyl groups is 1. The van der Waals surface area contributed by atoms with Gasteiger partial charge in [0.1, 0.15) is 11.5 Å². The second-order valence-electron chi connectivity index (χ2n) is 4.12. The molecule has 0 radical (unpaired) electrons. The Kier molecular flexibility index (Phi) is 3.70. The molecule has 1 aromatic heterocycles. The normalized spacial score (nSPS) is 10.2. The SMILES string of the molecule is COc1cc(O)ccc1CC(=O)Nc1cnn(C)c1. The van der Waals surface area contributed by atoms with Crippen LogP contribution >= 0.6 is 0 Å². The number of nitrogens with one attached hydrogen (secondary N) is 1. The number of benzene rings is 1. The maximum Gasteiger partial charge on any atom is 0.229 e. The van der Waals surface area contributed by atoms with Crippen molar-refractivity contribution in [2.75, 3.05) is 12.4 Å². The fourth-order valence-corrected chi connectivity index (χ4v) is 1.74. The molecule has 0 aliphatic carbocycles. The number of hydrogen-bond donors (Lipinski definition) is 2. The van der Waals surface area contributed by atoms with E-state index in [9.17, 15) is 9.90 Å². The molecule has 0 fully saturated rings. The van der Waals surface area contributed by atoms with Crippen molar-refractivity contribution in [2.45, 2.75) is 6.42 Å². The van der Waals surface area contributed by atoms with Gasteiger partial charge in [0.15, 0.2) is 0 Å². The van der Waals surface area contributed by atoms with Gasteiger partial charge in [-0.2, -0.15) is 5.10 Å². The van der Waals surface area contributed by atoms with Crippen molar-refractivity contribution < 1.29 is 14.6 Å². The zero-order valence-electron chi connectivity index (χ0n) is 10.8. The fraction of sp³-hybridized carbons (Fsp3) is 0.231. The maximum absolute atomic E-state index is 11.9. The molecule has 1 aromatic carbocycles. The van der Waals surface area contributed by atoms with Gasteiger partial charge in [-0.3, -0.25) is 9.48 Å². The Balaban J connectivity index is 2.06. The van der Waals surface area contributed by atoms with Gasteiger partial charge >= 0.3 is 0 Å². The van der Waals surface area contributed by atoms with E-state index < -0.39 is 0 Å². The van der Waals surface area contributed by atoms with E-state index in [4.69, 9.17) is 4.74 Å². The summed E-state index contributed by atoms with van der Waals surface area (Å²) in [5.74, 6) is 0.423. The van der Waals surface area contributed by atoms with Crippen LogP contribution in [0.1, 0.15) is 5.56 Å². The molecule has 6 heteroatoms. The number of phenolic OH excluding ortho intramolecular Hbond substituents is 1. The average molecular weight is 261 g/mol. The summed E-state index contributed by atoms with van der Waals surface area (Å²) in [7, 11) is 3.27. The lowest BCUT2D eigenvalue weighted by atomic mass is 10.1. The summed E-state index contributed by atoms with van der Waals surface area (Å²) < 4.78 is 6.73. The van der Waals surface area contributed by atoms with E-state index in [1.165, 1.54) is 19.2 Å². The highest BCUT2D eigenvalue weighted by Crippen LogP contribution is 2.24. The zero-order chi connectivity index (χ0) is 13.8. The third-order valence-electron chi connectivity index (χ3n) is 2.61. The van der Waals surface area contributed by atoms with Crippen molar-refractivity contribution in [1.82, 2.24) is 9.78 Å². The predicted octanol–water partition coefficient (Wildman–Crippen LogP) is 1.32. The van der Waals surface area contributed by atoms with Gasteiger partial charge < -0.3 is 15.2 Å². The summed E-state index contributed by atoms with van der Waals surface area (Å²) in [5.41, 5.74) is 1.35. The number of aryl methyl sites for hydroxylation is 1. The van der Waals surface area contributed by atoms with Gasteiger partial charge in [0.2, 0.25) is 5.91 Å². The molecule has 1 heterocycles. The molecule has 100 valence electrons. The van der Waals surface area contributed by atoms with Crippen molar-refractivity contribution >= 4 is 11.6 Å². The van der Waals surface area contributed by atoms with Crippen LogP contribution in [0.15, 0.2) is 30.6 Å². The number of amides is 1. The maximum atomic E-state index is 11.9. The monoisotopic (exact) mass is 261 g/mol. The minimum Gasteiger partial charge on any atom is -0.508 e. The number of carbonyl (C=O) groups excluding carboxylic acids is 1. The Labute approximate surface area is 110 Å². The molecule has 2 aromatic rings. The van der Waals surface area contributed by atoms with Gasteiger partial charge in [0.05, 0.1) is 25.4 Å². The highest BCUT2D eigenvalue weighted by atomic mass is 16.5. The largest absolute Gasteiger partial charge is 0.508 e. The van der Waals surface area contributed by atoms with Gasteiger partial charge in [-0.1, -0.05) is 6.07 Å². The molecule has 0 unspecified atom stereocenters. The smallest absolute Gasteiger partial charge is 0.229 e. The summed E-state index contributed by atoms with van der Waals surface area (Å²) in [6.45, 7) is 0. The van der Waals surface area contributed by atoms with Crippen LogP contribution in [-0.2, 0) is 18.3 Å². The van der Waals surface area contributed by atoms with Crippen LogP contribution in [0.25, 0.3) is 0 Å². The molecule has 0 saturated carbocycles. The molecule has 0 spiro atoms. The van der Waals surface area contributed by atoms with Gasteiger partial charge in [-0.15, -0.1) is 0 Å². The number of methoxy groups -OCH3 is 1. The standard InChI is InChI=1S/C13H15N3O3/c1-16-8-10(7-14-16)15-13(18)5-9-3-4-11(17)6-12(9)19-2/h3-4,6-8,17H,5H2,1-2H3,(H,15,18). The molecular weight excluding hydrogens is 246 g/mol. The van der Waals surface area contributed by atoms with Crippen molar-refractivity contribution in [1.29, 1.82) is 0 Å². The Morgan fingerprint density at radius 1 is 1.53 bits per heavy atom. The number of anilines is 1. The number of phenols is 1. The highest BCUT2D eigenvalue weighted by molar-refractivity contribution is 5.92. The molecule has 0 aliphatic rings. The zero-order valence-corrected chi connectivity index (χ0v) is 10.8. The summed E-state index contributed by atoms with van der Waals surface area (Å²) in [6, 6.07) is 4.67. The van der Waals surface area contributed by atoms with E-state index in [2.05, 4.69) is 10.4 Å². The third-order valence-corrected chi connectivity index (χ3v) is 2.61. The first-order valence-electron chi connectivity index (χ1n) is 5.73. The van der Waals surface area contributed by atoms with E-state index in [0.717, 1.165) is 0 Å². The van der Waals surface area contributed by atoms with Crippen molar-refractivity contribution in [3.63, 3.8) is 0 Å². The minimum absolute atomic E-state index is 0.105. The summed E-state index contributed by atoms with van der Waals surface area (Å²) in [6.07, 6.45) is 3.45. The average Bonchev–Trinajstić information content (AvgIpc) is 2.76. The molecule has 6 nitrogen and oxygen atoms in total. The number of rotatable bonds is 4. The van der Waals surface area contributed by atoms with Crippen LogP contribution in [0.3, 0.4) is 0 Å². The molecule has 19 heavy (non-hydrogen) atoms. The predicted molar refractivity (Wildman–Crippen MR) is 70.2 cm³/mol. The molecule has 0 atom stereocenters. The molecule has 0 saturated heterocycles. The second-order valence-corrected chi connectivity index (χ2v) is 4.12. The second kappa shape index (κ2) is 5.43. The third kappa shape index (κ3) is 3.25. The molecule has 0 bridgehead atoms. The number of nitrogens with zero attached hydrogens (tertiary/aromatic N) is 2. The van der Waals surface area contributed by atoms with E-state index in [1.807, 2.05) is 0 Å². The summed E-state index contributed by atoms with van der Waals surface area (Å²) >= 11 is 0. The first-order chi connectivity index (χ1) is 9.08. The molecule has 2 N–H and O–H groups in total. The van der Waals surface area contributed by atoms with E-state index in [-0.39, 0.29) is 18.1 Å². The number of hydrogen-bond acceptors (Lipinski definition) is 4. The van der Waals surface area contributed by atoms with Gasteiger partial charge in [-0.25, -0.2) is 0 Å². The quantitative estimate of drug-likeness (QED) is 0.870. The summed E-state index contributed by atoms with van der Waals surface area (Å²) in [4.78, 5) is 11.9. The van der Waals surface area contributed by atoms with E-state index >= 15 is 0 Å². The lowest BCUT2D eigenvalue weighted by Crippen LogP contribution is -2.14. The first kappa shape index (κ1) is 12.9. The number of ether oxygens (including phenoxy) is 1. The highest BCUT2D eigenvalue weighted by Gasteiger charge is 2.10. The fourth-order valence-electron chi connectivity index (χ4n) is 1.74. The van der Waals surface area contributed by atoms with E-state index in [1.54, 1.807) is 30.2 Å². The molecule has 2 rings (SSSR count). The van der Waals surface area contributed by atoms with Crippen LogP contribution in [0.5, 0.6) is 11.5 Å². The van der Waals surface area contributed by atoms with Gasteiger partial charge in [0, 0.05) is 24.9 Å². The van der Waals surface area contributed by atoms with Crippen LogP contribution in [0.2, 0.25) is 0 Å². The van der Waals surface area contributed by atoms with Crippen LogP contribution in [-0.4, -0.2) is 27.9 Å². The lowest BCUT2D eigenvalue weighted by molar-refractivity contribution is -0.115. The molecule has 0 aliphatic heterocycles. The summed E-state index contributed by atoms with van der Waals surface area (Å²) in [5, 5.41) is 16.1. The number of aromatic nitrogens is 2. The Morgan fingerprint density at radius 2 is 2.32 bits per heavy atom. The van der Waals surface area contributed by atoms with Gasteiger partial charge in [0.25, 0.3) is 0 Å². The van der Waals surface area contributed by atoms with E-state index in [0.29, 0.717) is 17.0 Å². The molecular formula is C13H15N3O3. The first-order valence-corrected chi connectivity index (χ1v) is 5.73. The Bertz CT molecular complexity index is 593. The lowest BCUT2D eigenvalue weighted by Gasteiger charge is -2.08. The van der Waals surface area contributed by atoms with Crippen molar-refractivity contribution in [2.24, 2.45) is 7.05 Å².